The van der Waals surface area contributed by atoms with Gasteiger partial charge in [-0.05, 0) is 19.9 Å². The molecule has 0 radical (unpaired) electrons. The van der Waals surface area contributed by atoms with Crippen molar-refractivity contribution in [1.82, 2.24) is 10.1 Å². The van der Waals surface area contributed by atoms with Crippen molar-refractivity contribution in [3.8, 4) is 11.5 Å². The van der Waals surface area contributed by atoms with Gasteiger partial charge >= 0.3 is 0 Å². The molecule has 0 aliphatic carbocycles. The number of hydrogen-bond donors (Lipinski definition) is 0. The van der Waals surface area contributed by atoms with E-state index in [1.54, 1.807) is 11.3 Å². The van der Waals surface area contributed by atoms with Gasteiger partial charge in [0, 0.05) is 10.3 Å². The number of aryl methyl sites for hydroxylation is 2. The predicted octanol–water partition coefficient (Wildman–Crippen LogP) is 2.41. The van der Waals surface area contributed by atoms with Crippen molar-refractivity contribution in [2.75, 3.05) is 0 Å². The van der Waals surface area contributed by atoms with Gasteiger partial charge < -0.3 is 4.52 Å². The van der Waals surface area contributed by atoms with Crippen molar-refractivity contribution in [1.29, 1.82) is 0 Å². The first-order valence-corrected chi connectivity index (χ1v) is 4.49. The summed E-state index contributed by atoms with van der Waals surface area (Å²) in [6.45, 7) is 3.86. The Morgan fingerprint density at radius 1 is 1.42 bits per heavy atom. The summed E-state index contributed by atoms with van der Waals surface area (Å²) in [5.41, 5.74) is 1.01. The van der Waals surface area contributed by atoms with E-state index in [0.717, 1.165) is 5.56 Å². The van der Waals surface area contributed by atoms with Crippen molar-refractivity contribution in [3.63, 3.8) is 0 Å². The van der Waals surface area contributed by atoms with Crippen LogP contribution in [0.5, 0.6) is 0 Å². The standard InChI is InChI=1S/C8H8N2OS/c1-5-3-7(4-12-5)8-9-6(2)10-11-8/h3-4H,1-2H3. The highest BCUT2D eigenvalue weighted by Gasteiger charge is 2.06. The van der Waals surface area contributed by atoms with Crippen molar-refractivity contribution >= 4 is 11.3 Å². The van der Waals surface area contributed by atoms with Crippen LogP contribution in [0.25, 0.3) is 11.5 Å². The normalized spacial score (nSPS) is 10.5. The summed E-state index contributed by atoms with van der Waals surface area (Å²) in [5.74, 6) is 1.28. The minimum atomic E-state index is 0.608. The highest BCUT2D eigenvalue weighted by Crippen LogP contribution is 2.23. The largest absolute Gasteiger partial charge is 0.334 e. The van der Waals surface area contributed by atoms with E-state index in [1.807, 2.05) is 18.4 Å². The van der Waals surface area contributed by atoms with Gasteiger partial charge in [0.05, 0.1) is 5.56 Å². The topological polar surface area (TPSA) is 38.9 Å². The number of thiophene rings is 1. The Bertz CT molecular complexity index is 353. The van der Waals surface area contributed by atoms with Crippen LogP contribution in [0.4, 0.5) is 0 Å². The smallest absolute Gasteiger partial charge is 0.258 e. The summed E-state index contributed by atoms with van der Waals surface area (Å²) < 4.78 is 5.01. The van der Waals surface area contributed by atoms with E-state index < -0.39 is 0 Å². The maximum atomic E-state index is 5.01. The molecule has 62 valence electrons. The van der Waals surface area contributed by atoms with E-state index in [0.29, 0.717) is 11.7 Å². The fourth-order valence-corrected chi connectivity index (χ4v) is 1.65. The zero-order chi connectivity index (χ0) is 8.55. The number of hydrogen-bond acceptors (Lipinski definition) is 4. The van der Waals surface area contributed by atoms with Crippen LogP contribution in [0.3, 0.4) is 0 Å². The van der Waals surface area contributed by atoms with Crippen LogP contribution in [0.15, 0.2) is 16.0 Å². The fourth-order valence-electron chi connectivity index (χ4n) is 0.970. The van der Waals surface area contributed by atoms with Crippen LogP contribution in [0.2, 0.25) is 0 Å². The Balaban J connectivity index is 2.43. The fraction of sp³-hybridized carbons (Fsp3) is 0.250. The average Bonchev–Trinajstić information content (AvgIpc) is 2.58. The number of aromatic nitrogens is 2. The summed E-state index contributed by atoms with van der Waals surface area (Å²) in [6, 6.07) is 2.04. The molecule has 0 amide bonds. The van der Waals surface area contributed by atoms with Crippen molar-refractivity contribution in [2.45, 2.75) is 13.8 Å². The van der Waals surface area contributed by atoms with Gasteiger partial charge in [-0.1, -0.05) is 5.16 Å². The van der Waals surface area contributed by atoms with Crippen LogP contribution in [0.1, 0.15) is 10.7 Å². The van der Waals surface area contributed by atoms with Crippen LogP contribution < -0.4 is 0 Å². The molecule has 0 aliphatic heterocycles. The zero-order valence-electron chi connectivity index (χ0n) is 6.87. The molecule has 0 saturated carbocycles. The Morgan fingerprint density at radius 2 is 2.25 bits per heavy atom. The van der Waals surface area contributed by atoms with E-state index in [1.165, 1.54) is 4.88 Å². The molecule has 0 aliphatic rings. The van der Waals surface area contributed by atoms with Crippen LogP contribution in [-0.4, -0.2) is 10.1 Å². The summed E-state index contributed by atoms with van der Waals surface area (Å²) in [6.07, 6.45) is 0. The third-order valence-corrected chi connectivity index (χ3v) is 2.37. The summed E-state index contributed by atoms with van der Waals surface area (Å²) in [5, 5.41) is 5.74. The van der Waals surface area contributed by atoms with Gasteiger partial charge in [0.1, 0.15) is 0 Å². The van der Waals surface area contributed by atoms with Gasteiger partial charge in [0.25, 0.3) is 5.89 Å². The molecule has 2 aromatic rings. The van der Waals surface area contributed by atoms with Gasteiger partial charge in [-0.25, -0.2) is 0 Å². The molecule has 2 heterocycles. The molecule has 0 saturated heterocycles. The molecular formula is C8H8N2OS. The second-order valence-corrected chi connectivity index (χ2v) is 3.71. The summed E-state index contributed by atoms with van der Waals surface area (Å²) >= 11 is 1.68. The minimum absolute atomic E-state index is 0.608. The first kappa shape index (κ1) is 7.49. The first-order valence-electron chi connectivity index (χ1n) is 3.61. The lowest BCUT2D eigenvalue weighted by Gasteiger charge is -1.82. The Hall–Kier alpha value is -1.16. The lowest BCUT2D eigenvalue weighted by molar-refractivity contribution is 0.426. The Morgan fingerprint density at radius 3 is 2.75 bits per heavy atom. The van der Waals surface area contributed by atoms with Gasteiger partial charge in [-0.3, -0.25) is 0 Å². The molecule has 12 heavy (non-hydrogen) atoms. The predicted molar refractivity (Wildman–Crippen MR) is 47.1 cm³/mol. The van der Waals surface area contributed by atoms with Crippen LogP contribution in [0, 0.1) is 13.8 Å². The van der Waals surface area contributed by atoms with Gasteiger partial charge in [0.15, 0.2) is 5.82 Å². The highest BCUT2D eigenvalue weighted by molar-refractivity contribution is 7.10. The number of rotatable bonds is 1. The lowest BCUT2D eigenvalue weighted by atomic mass is 10.3. The lowest BCUT2D eigenvalue weighted by Crippen LogP contribution is -1.73. The summed E-state index contributed by atoms with van der Waals surface area (Å²) in [4.78, 5) is 5.37. The SMILES string of the molecule is Cc1noc(-c2csc(C)c2)n1. The van der Waals surface area contributed by atoms with Crippen molar-refractivity contribution in [2.24, 2.45) is 0 Å². The maximum absolute atomic E-state index is 5.01. The van der Waals surface area contributed by atoms with Crippen LogP contribution in [-0.2, 0) is 0 Å². The van der Waals surface area contributed by atoms with Crippen LogP contribution >= 0.6 is 11.3 Å². The second kappa shape index (κ2) is 2.71. The van der Waals surface area contributed by atoms with Crippen molar-refractivity contribution in [3.05, 3.63) is 22.1 Å². The number of nitrogens with zero attached hydrogens (tertiary/aromatic N) is 2. The highest BCUT2D eigenvalue weighted by atomic mass is 32.1. The minimum Gasteiger partial charge on any atom is -0.334 e. The second-order valence-electron chi connectivity index (χ2n) is 2.59. The third kappa shape index (κ3) is 1.25. The van der Waals surface area contributed by atoms with E-state index in [9.17, 15) is 0 Å². The molecule has 3 nitrogen and oxygen atoms in total. The summed E-state index contributed by atoms with van der Waals surface area (Å²) in [7, 11) is 0. The monoisotopic (exact) mass is 180 g/mol. The first-order chi connectivity index (χ1) is 5.75. The molecule has 0 fully saturated rings. The molecule has 0 spiro atoms. The molecule has 0 unspecified atom stereocenters. The van der Waals surface area contributed by atoms with Gasteiger partial charge in [0.2, 0.25) is 0 Å². The quantitative estimate of drug-likeness (QED) is 0.676. The van der Waals surface area contributed by atoms with Gasteiger partial charge in [-0.15, -0.1) is 11.3 Å². The Kier molecular flexibility index (Phi) is 1.69. The van der Waals surface area contributed by atoms with E-state index in [-0.39, 0.29) is 0 Å². The molecule has 0 N–H and O–H groups in total. The molecule has 0 aromatic carbocycles. The molecule has 2 aromatic heterocycles. The third-order valence-electron chi connectivity index (χ3n) is 1.51. The van der Waals surface area contributed by atoms with Crippen molar-refractivity contribution < 1.29 is 4.52 Å². The Labute approximate surface area is 74.0 Å². The van der Waals surface area contributed by atoms with E-state index in [4.69, 9.17) is 4.52 Å². The molecule has 2 rings (SSSR count). The zero-order valence-corrected chi connectivity index (χ0v) is 7.68. The molecule has 0 atom stereocenters. The molecule has 4 heteroatoms. The molecular weight excluding hydrogens is 172 g/mol. The average molecular weight is 180 g/mol. The maximum Gasteiger partial charge on any atom is 0.258 e. The van der Waals surface area contributed by atoms with Gasteiger partial charge in [-0.2, -0.15) is 4.98 Å². The van der Waals surface area contributed by atoms with E-state index in [2.05, 4.69) is 17.1 Å². The van der Waals surface area contributed by atoms with E-state index >= 15 is 0 Å². The molecule has 0 bridgehead atoms.